The van der Waals surface area contributed by atoms with Crippen molar-refractivity contribution in [3.63, 3.8) is 0 Å². The number of non-ortho nitro benzene ring substituents is 1. The normalized spacial score (nSPS) is 10.9. The van der Waals surface area contributed by atoms with Gasteiger partial charge in [-0.2, -0.15) is 0 Å². The van der Waals surface area contributed by atoms with Gasteiger partial charge in [0.2, 0.25) is 5.95 Å². The molecular formula is C19H11ClFN5O2. The van der Waals surface area contributed by atoms with Gasteiger partial charge in [-0.15, -0.1) is 0 Å². The maximum atomic E-state index is 13.6. The summed E-state index contributed by atoms with van der Waals surface area (Å²) in [7, 11) is 0. The molecule has 0 bridgehead atoms. The molecule has 4 rings (SSSR count). The fraction of sp³-hybridized carbons (Fsp3) is 0. The summed E-state index contributed by atoms with van der Waals surface area (Å²) in [5.74, 6) is -0.391. The molecule has 0 radical (unpaired) electrons. The van der Waals surface area contributed by atoms with Crippen molar-refractivity contribution in [2.75, 3.05) is 5.73 Å². The van der Waals surface area contributed by atoms with Crippen molar-refractivity contribution in [2.45, 2.75) is 0 Å². The maximum Gasteiger partial charge on any atom is 0.269 e. The fourth-order valence-electron chi connectivity index (χ4n) is 2.81. The van der Waals surface area contributed by atoms with Crippen LogP contribution in [0.2, 0.25) is 5.15 Å². The number of pyridine rings is 1. The summed E-state index contributed by atoms with van der Waals surface area (Å²) in [5, 5.41) is 11.6. The molecule has 9 heteroatoms. The van der Waals surface area contributed by atoms with Gasteiger partial charge in [-0.1, -0.05) is 11.6 Å². The molecule has 0 aliphatic heterocycles. The summed E-state index contributed by atoms with van der Waals surface area (Å²) in [6, 6.07) is 13.4. The molecule has 2 aromatic carbocycles. The molecule has 0 amide bonds. The highest BCUT2D eigenvalue weighted by atomic mass is 35.5. The van der Waals surface area contributed by atoms with E-state index in [1.807, 2.05) is 0 Å². The number of aromatic nitrogens is 3. The third-order valence-electron chi connectivity index (χ3n) is 4.12. The second kappa shape index (κ2) is 6.82. The number of rotatable bonds is 3. The second-order valence-electron chi connectivity index (χ2n) is 5.96. The lowest BCUT2D eigenvalue weighted by Crippen LogP contribution is -1.99. The van der Waals surface area contributed by atoms with Crippen molar-refractivity contribution >= 4 is 34.1 Å². The van der Waals surface area contributed by atoms with E-state index in [2.05, 4.69) is 15.0 Å². The zero-order valence-electron chi connectivity index (χ0n) is 14.1. The second-order valence-corrected chi connectivity index (χ2v) is 6.32. The number of nitrogens with zero attached hydrogens (tertiary/aromatic N) is 4. The van der Waals surface area contributed by atoms with Gasteiger partial charge in [0.25, 0.3) is 5.69 Å². The minimum absolute atomic E-state index is 0.00117. The maximum absolute atomic E-state index is 13.6. The number of hydrogen-bond acceptors (Lipinski definition) is 6. The first kappa shape index (κ1) is 17.7. The quantitative estimate of drug-likeness (QED) is 0.307. The Morgan fingerprint density at radius 3 is 2.39 bits per heavy atom. The van der Waals surface area contributed by atoms with Gasteiger partial charge in [0.1, 0.15) is 11.0 Å². The Balaban J connectivity index is 1.84. The Hall–Kier alpha value is -3.65. The van der Waals surface area contributed by atoms with E-state index in [1.54, 1.807) is 24.3 Å². The van der Waals surface area contributed by atoms with Crippen molar-refractivity contribution in [3.8, 4) is 22.5 Å². The topological polar surface area (TPSA) is 108 Å². The molecule has 138 valence electrons. The van der Waals surface area contributed by atoms with Gasteiger partial charge in [-0.25, -0.2) is 19.3 Å². The average Bonchev–Trinajstić information content (AvgIpc) is 2.67. The summed E-state index contributed by atoms with van der Waals surface area (Å²) in [5.41, 5.74) is 8.33. The summed E-state index contributed by atoms with van der Waals surface area (Å²) in [4.78, 5) is 23.0. The van der Waals surface area contributed by atoms with Crippen LogP contribution in [0.25, 0.3) is 33.4 Å². The van der Waals surface area contributed by atoms with Gasteiger partial charge in [0.05, 0.1) is 21.8 Å². The summed E-state index contributed by atoms with van der Waals surface area (Å²) in [6.45, 7) is 0. The number of nitro benzene ring substituents is 1. The van der Waals surface area contributed by atoms with E-state index >= 15 is 0 Å². The fourth-order valence-corrected chi connectivity index (χ4v) is 3.05. The standard InChI is InChI=1S/C19H11ClFN5O2/c20-18-14(8-11-7-12(21)3-6-15(11)23-18)17-9-16(24-19(22)25-17)10-1-4-13(5-2-10)26(27)28/h1-9H,(H2,22,24,25). The first-order valence-electron chi connectivity index (χ1n) is 8.06. The Labute approximate surface area is 162 Å². The monoisotopic (exact) mass is 395 g/mol. The zero-order chi connectivity index (χ0) is 19.8. The van der Waals surface area contributed by atoms with Gasteiger partial charge < -0.3 is 5.73 Å². The number of halogens is 2. The highest BCUT2D eigenvalue weighted by Gasteiger charge is 2.13. The predicted octanol–water partition coefficient (Wildman–Crippen LogP) is 4.64. The van der Waals surface area contributed by atoms with E-state index in [-0.39, 0.29) is 16.8 Å². The van der Waals surface area contributed by atoms with Crippen molar-refractivity contribution in [1.82, 2.24) is 15.0 Å². The van der Waals surface area contributed by atoms with Crippen LogP contribution in [-0.2, 0) is 0 Å². The lowest BCUT2D eigenvalue weighted by Gasteiger charge is -2.09. The largest absolute Gasteiger partial charge is 0.368 e. The molecular weight excluding hydrogens is 385 g/mol. The molecule has 0 saturated heterocycles. The molecule has 4 aromatic rings. The van der Waals surface area contributed by atoms with E-state index < -0.39 is 10.7 Å². The van der Waals surface area contributed by atoms with Crippen LogP contribution in [0, 0.1) is 15.9 Å². The molecule has 7 nitrogen and oxygen atoms in total. The molecule has 0 atom stereocenters. The smallest absolute Gasteiger partial charge is 0.269 e. The van der Waals surface area contributed by atoms with E-state index in [0.717, 1.165) is 0 Å². The lowest BCUT2D eigenvalue weighted by molar-refractivity contribution is -0.384. The van der Waals surface area contributed by atoms with E-state index in [1.165, 1.54) is 30.3 Å². The van der Waals surface area contributed by atoms with Gasteiger partial charge in [0, 0.05) is 28.6 Å². The van der Waals surface area contributed by atoms with Crippen LogP contribution in [0.4, 0.5) is 16.0 Å². The number of fused-ring (bicyclic) bond motifs is 1. The van der Waals surface area contributed by atoms with Gasteiger partial charge in [-0.3, -0.25) is 10.1 Å². The molecule has 0 saturated carbocycles. The molecule has 0 unspecified atom stereocenters. The molecule has 2 N–H and O–H groups in total. The Kier molecular flexibility index (Phi) is 4.32. The van der Waals surface area contributed by atoms with Crippen molar-refractivity contribution in [3.05, 3.63) is 75.7 Å². The molecule has 2 heterocycles. The number of nitrogens with two attached hydrogens (primary N) is 1. The van der Waals surface area contributed by atoms with Crippen LogP contribution >= 0.6 is 11.6 Å². The van der Waals surface area contributed by atoms with E-state index in [4.69, 9.17) is 17.3 Å². The summed E-state index contributed by atoms with van der Waals surface area (Å²) < 4.78 is 13.6. The van der Waals surface area contributed by atoms with Crippen molar-refractivity contribution < 1.29 is 9.31 Å². The van der Waals surface area contributed by atoms with Crippen LogP contribution in [0.1, 0.15) is 0 Å². The third-order valence-corrected chi connectivity index (χ3v) is 4.41. The van der Waals surface area contributed by atoms with Gasteiger partial charge >= 0.3 is 0 Å². The number of benzene rings is 2. The van der Waals surface area contributed by atoms with Crippen LogP contribution in [0.15, 0.2) is 54.6 Å². The molecule has 0 aliphatic carbocycles. The number of hydrogen-bond donors (Lipinski definition) is 1. The molecule has 0 aliphatic rings. The van der Waals surface area contributed by atoms with Crippen LogP contribution in [-0.4, -0.2) is 19.9 Å². The first-order chi connectivity index (χ1) is 13.4. The predicted molar refractivity (Wildman–Crippen MR) is 104 cm³/mol. The minimum atomic E-state index is -0.483. The molecule has 2 aromatic heterocycles. The van der Waals surface area contributed by atoms with E-state index in [0.29, 0.717) is 33.4 Å². The Morgan fingerprint density at radius 1 is 0.964 bits per heavy atom. The zero-order valence-corrected chi connectivity index (χ0v) is 14.9. The summed E-state index contributed by atoms with van der Waals surface area (Å²) in [6.07, 6.45) is 0. The van der Waals surface area contributed by atoms with Crippen LogP contribution in [0.5, 0.6) is 0 Å². The van der Waals surface area contributed by atoms with Gasteiger partial charge in [-0.05, 0) is 42.5 Å². The van der Waals surface area contributed by atoms with Gasteiger partial charge in [0.15, 0.2) is 0 Å². The number of nitro groups is 1. The van der Waals surface area contributed by atoms with Crippen LogP contribution < -0.4 is 5.73 Å². The molecule has 0 spiro atoms. The highest BCUT2D eigenvalue weighted by Crippen LogP contribution is 2.32. The SMILES string of the molecule is Nc1nc(-c2ccc([N+](=O)[O-])cc2)cc(-c2cc3cc(F)ccc3nc2Cl)n1. The molecule has 0 fully saturated rings. The van der Waals surface area contributed by atoms with Crippen LogP contribution in [0.3, 0.4) is 0 Å². The highest BCUT2D eigenvalue weighted by molar-refractivity contribution is 6.32. The Morgan fingerprint density at radius 2 is 1.68 bits per heavy atom. The summed E-state index contributed by atoms with van der Waals surface area (Å²) >= 11 is 6.30. The van der Waals surface area contributed by atoms with E-state index in [9.17, 15) is 14.5 Å². The lowest BCUT2D eigenvalue weighted by atomic mass is 10.1. The van der Waals surface area contributed by atoms with Crippen molar-refractivity contribution in [1.29, 1.82) is 0 Å². The molecule has 28 heavy (non-hydrogen) atoms. The first-order valence-corrected chi connectivity index (χ1v) is 8.44. The number of anilines is 1. The minimum Gasteiger partial charge on any atom is -0.368 e. The Bertz CT molecular complexity index is 1230. The number of nitrogen functional groups attached to an aromatic ring is 1. The third kappa shape index (κ3) is 3.33. The van der Waals surface area contributed by atoms with Crippen molar-refractivity contribution in [2.24, 2.45) is 0 Å². The average molecular weight is 396 g/mol.